The number of carbonyl (C=O) groups excluding carboxylic acids is 1. The van der Waals surface area contributed by atoms with E-state index in [0.717, 1.165) is 28.2 Å². The Morgan fingerprint density at radius 3 is 2.36 bits per heavy atom. The lowest BCUT2D eigenvalue weighted by molar-refractivity contribution is -0.115. The first-order valence-electron chi connectivity index (χ1n) is 7.18. The van der Waals surface area contributed by atoms with Crippen LogP contribution >= 0.6 is 0 Å². The Balaban J connectivity index is 1.81. The molecule has 3 aromatic rings. The summed E-state index contributed by atoms with van der Waals surface area (Å²) >= 11 is 0. The molecule has 3 rings (SSSR count). The number of anilines is 1. The molecule has 4 nitrogen and oxygen atoms in total. The fraction of sp³-hybridized carbons (Fsp3) is 0.111. The van der Waals surface area contributed by atoms with Crippen LogP contribution < -0.4 is 5.32 Å². The standard InChI is InChI=1S/C18H17N3O/c1-13-17(18(21-20-13)15-10-6-3-7-11-15)19-16(22)12-14-8-4-2-5-9-14/h2-11H,12H2,1H3,(H,19,22)(H,20,21). The fourth-order valence-corrected chi connectivity index (χ4v) is 2.36. The monoisotopic (exact) mass is 291 g/mol. The molecule has 2 aromatic carbocycles. The highest BCUT2D eigenvalue weighted by Gasteiger charge is 2.14. The summed E-state index contributed by atoms with van der Waals surface area (Å²) in [5.74, 6) is -0.0483. The topological polar surface area (TPSA) is 57.8 Å². The summed E-state index contributed by atoms with van der Waals surface area (Å²) in [6.45, 7) is 1.88. The van der Waals surface area contributed by atoms with E-state index in [0.29, 0.717) is 6.42 Å². The van der Waals surface area contributed by atoms with Gasteiger partial charge in [-0.3, -0.25) is 9.89 Å². The number of rotatable bonds is 4. The quantitative estimate of drug-likeness (QED) is 0.772. The Kier molecular flexibility index (Phi) is 4.01. The Hall–Kier alpha value is -2.88. The molecular weight excluding hydrogens is 274 g/mol. The number of benzene rings is 2. The largest absolute Gasteiger partial charge is 0.322 e. The predicted molar refractivity (Wildman–Crippen MR) is 87.5 cm³/mol. The van der Waals surface area contributed by atoms with Gasteiger partial charge >= 0.3 is 0 Å². The second kappa shape index (κ2) is 6.26. The minimum absolute atomic E-state index is 0.0483. The minimum atomic E-state index is -0.0483. The van der Waals surface area contributed by atoms with Crippen LogP contribution in [0.4, 0.5) is 5.69 Å². The fourth-order valence-electron chi connectivity index (χ4n) is 2.36. The van der Waals surface area contributed by atoms with E-state index in [-0.39, 0.29) is 5.91 Å². The number of nitrogens with zero attached hydrogens (tertiary/aromatic N) is 1. The van der Waals surface area contributed by atoms with Crippen LogP contribution in [0.25, 0.3) is 11.3 Å². The van der Waals surface area contributed by atoms with Crippen molar-refractivity contribution in [3.63, 3.8) is 0 Å². The van der Waals surface area contributed by atoms with Gasteiger partial charge in [-0.15, -0.1) is 0 Å². The summed E-state index contributed by atoms with van der Waals surface area (Å²) in [6.07, 6.45) is 0.347. The van der Waals surface area contributed by atoms with Crippen molar-refractivity contribution in [2.45, 2.75) is 13.3 Å². The van der Waals surface area contributed by atoms with Gasteiger partial charge in [0.2, 0.25) is 5.91 Å². The summed E-state index contributed by atoms with van der Waals surface area (Å²) in [5.41, 5.74) is 4.34. The predicted octanol–water partition coefficient (Wildman–Crippen LogP) is 3.57. The van der Waals surface area contributed by atoms with E-state index in [2.05, 4.69) is 15.5 Å². The number of hydrogen-bond acceptors (Lipinski definition) is 2. The smallest absolute Gasteiger partial charge is 0.228 e. The van der Waals surface area contributed by atoms with Gasteiger partial charge in [0.1, 0.15) is 0 Å². The zero-order valence-electron chi connectivity index (χ0n) is 12.3. The number of nitrogens with one attached hydrogen (secondary N) is 2. The van der Waals surface area contributed by atoms with E-state index >= 15 is 0 Å². The number of aromatic nitrogens is 2. The van der Waals surface area contributed by atoms with Crippen LogP contribution in [0, 0.1) is 6.92 Å². The van der Waals surface area contributed by atoms with Crippen molar-refractivity contribution >= 4 is 11.6 Å². The molecule has 0 atom stereocenters. The first-order valence-corrected chi connectivity index (χ1v) is 7.18. The molecule has 2 N–H and O–H groups in total. The maximum absolute atomic E-state index is 12.3. The number of amides is 1. The van der Waals surface area contributed by atoms with Crippen LogP contribution in [-0.2, 0) is 11.2 Å². The normalized spacial score (nSPS) is 10.4. The van der Waals surface area contributed by atoms with E-state index in [1.54, 1.807) is 0 Å². The molecule has 1 aromatic heterocycles. The number of aryl methyl sites for hydroxylation is 1. The summed E-state index contributed by atoms with van der Waals surface area (Å²) in [4.78, 5) is 12.3. The summed E-state index contributed by atoms with van der Waals surface area (Å²) in [6, 6.07) is 19.5. The average molecular weight is 291 g/mol. The maximum Gasteiger partial charge on any atom is 0.228 e. The molecule has 1 amide bonds. The van der Waals surface area contributed by atoms with Gasteiger partial charge in [-0.05, 0) is 12.5 Å². The van der Waals surface area contributed by atoms with Crippen LogP contribution in [0.3, 0.4) is 0 Å². The molecule has 0 aliphatic rings. The molecule has 0 aliphatic carbocycles. The van der Waals surface area contributed by atoms with Gasteiger partial charge in [0.15, 0.2) is 0 Å². The zero-order chi connectivity index (χ0) is 15.4. The minimum Gasteiger partial charge on any atom is -0.322 e. The van der Waals surface area contributed by atoms with Crippen LogP contribution in [0.15, 0.2) is 60.7 Å². The molecule has 0 bridgehead atoms. The SMILES string of the molecule is Cc1n[nH]c(-c2ccccc2)c1NC(=O)Cc1ccccc1. The lowest BCUT2D eigenvalue weighted by Crippen LogP contribution is -2.15. The number of aromatic amines is 1. The third-order valence-electron chi connectivity index (χ3n) is 3.48. The molecule has 4 heteroatoms. The van der Waals surface area contributed by atoms with Gasteiger partial charge in [-0.25, -0.2) is 0 Å². The zero-order valence-corrected chi connectivity index (χ0v) is 12.3. The molecule has 22 heavy (non-hydrogen) atoms. The van der Waals surface area contributed by atoms with Gasteiger partial charge < -0.3 is 5.32 Å². The molecule has 0 fully saturated rings. The molecule has 1 heterocycles. The van der Waals surface area contributed by atoms with Crippen molar-refractivity contribution < 1.29 is 4.79 Å². The van der Waals surface area contributed by atoms with E-state index in [1.807, 2.05) is 67.6 Å². The summed E-state index contributed by atoms with van der Waals surface area (Å²) < 4.78 is 0. The molecule has 0 radical (unpaired) electrons. The number of carbonyl (C=O) groups is 1. The average Bonchev–Trinajstić information content (AvgIpc) is 2.90. The van der Waals surface area contributed by atoms with Crippen LogP contribution in [0.2, 0.25) is 0 Å². The van der Waals surface area contributed by atoms with Crippen molar-refractivity contribution in [2.24, 2.45) is 0 Å². The van der Waals surface area contributed by atoms with Crippen LogP contribution in [-0.4, -0.2) is 16.1 Å². The lowest BCUT2D eigenvalue weighted by atomic mass is 10.1. The van der Waals surface area contributed by atoms with E-state index in [9.17, 15) is 4.79 Å². The first-order chi connectivity index (χ1) is 10.7. The Morgan fingerprint density at radius 2 is 1.68 bits per heavy atom. The molecule has 110 valence electrons. The van der Waals surface area contributed by atoms with Gasteiger partial charge in [-0.1, -0.05) is 60.7 Å². The number of H-pyrrole nitrogens is 1. The summed E-state index contributed by atoms with van der Waals surface area (Å²) in [5, 5.41) is 10.2. The maximum atomic E-state index is 12.3. The van der Waals surface area contributed by atoms with Crippen molar-refractivity contribution in [3.05, 3.63) is 71.9 Å². The molecule has 0 aliphatic heterocycles. The van der Waals surface area contributed by atoms with Crippen molar-refractivity contribution in [1.82, 2.24) is 10.2 Å². The third-order valence-corrected chi connectivity index (χ3v) is 3.48. The van der Waals surface area contributed by atoms with Crippen molar-refractivity contribution in [3.8, 4) is 11.3 Å². The third kappa shape index (κ3) is 3.06. The highest BCUT2D eigenvalue weighted by atomic mass is 16.1. The highest BCUT2D eigenvalue weighted by molar-refractivity contribution is 5.96. The Labute approximate surface area is 129 Å². The Bertz CT molecular complexity index is 764. The van der Waals surface area contributed by atoms with Gasteiger partial charge in [0.25, 0.3) is 0 Å². The lowest BCUT2D eigenvalue weighted by Gasteiger charge is -2.07. The van der Waals surface area contributed by atoms with E-state index in [1.165, 1.54) is 0 Å². The van der Waals surface area contributed by atoms with Crippen LogP contribution in [0.5, 0.6) is 0 Å². The molecule has 0 saturated carbocycles. The second-order valence-corrected chi connectivity index (χ2v) is 5.14. The second-order valence-electron chi connectivity index (χ2n) is 5.14. The molecule has 0 saturated heterocycles. The first kappa shape index (κ1) is 14.1. The Morgan fingerprint density at radius 1 is 1.05 bits per heavy atom. The van der Waals surface area contributed by atoms with Gasteiger partial charge in [0.05, 0.1) is 23.5 Å². The molecule has 0 spiro atoms. The van der Waals surface area contributed by atoms with Gasteiger partial charge in [0, 0.05) is 5.56 Å². The summed E-state index contributed by atoms with van der Waals surface area (Å²) in [7, 11) is 0. The van der Waals surface area contributed by atoms with Crippen molar-refractivity contribution in [1.29, 1.82) is 0 Å². The van der Waals surface area contributed by atoms with E-state index in [4.69, 9.17) is 0 Å². The highest BCUT2D eigenvalue weighted by Crippen LogP contribution is 2.28. The van der Waals surface area contributed by atoms with Crippen molar-refractivity contribution in [2.75, 3.05) is 5.32 Å². The van der Waals surface area contributed by atoms with E-state index < -0.39 is 0 Å². The van der Waals surface area contributed by atoms with Gasteiger partial charge in [-0.2, -0.15) is 5.10 Å². The molecule has 0 unspecified atom stereocenters. The number of hydrogen-bond donors (Lipinski definition) is 2. The van der Waals surface area contributed by atoms with Crippen LogP contribution in [0.1, 0.15) is 11.3 Å². The molecular formula is C18H17N3O.